The summed E-state index contributed by atoms with van der Waals surface area (Å²) in [4.78, 5) is 9.18. The third-order valence-corrected chi connectivity index (χ3v) is 5.11. The van der Waals surface area contributed by atoms with Crippen LogP contribution >= 0.6 is 0 Å². The van der Waals surface area contributed by atoms with Crippen LogP contribution in [-0.2, 0) is 13.5 Å². The highest BCUT2D eigenvalue weighted by atomic mass is 15.3. The Morgan fingerprint density at radius 2 is 1.92 bits per heavy atom. The lowest BCUT2D eigenvalue weighted by molar-refractivity contribution is 0.461. The van der Waals surface area contributed by atoms with E-state index in [1.807, 2.05) is 30.2 Å². The molecular formula is C19H30N6. The number of anilines is 1. The zero-order valence-electron chi connectivity index (χ0n) is 15.4. The Labute approximate surface area is 150 Å². The smallest absolute Gasteiger partial charge is 0.223 e. The molecule has 136 valence electrons. The summed E-state index contributed by atoms with van der Waals surface area (Å²) in [7, 11) is 3.53. The van der Waals surface area contributed by atoms with Gasteiger partial charge in [0.2, 0.25) is 5.95 Å². The van der Waals surface area contributed by atoms with Crippen molar-refractivity contribution in [3.63, 3.8) is 0 Å². The molecule has 2 aliphatic rings. The van der Waals surface area contributed by atoms with Gasteiger partial charge in [0, 0.05) is 30.5 Å². The second-order valence-electron chi connectivity index (χ2n) is 7.02. The van der Waals surface area contributed by atoms with Crippen LogP contribution in [0.25, 0.3) is 11.3 Å². The fourth-order valence-corrected chi connectivity index (χ4v) is 3.52. The molecule has 0 saturated heterocycles. The zero-order valence-corrected chi connectivity index (χ0v) is 15.4. The summed E-state index contributed by atoms with van der Waals surface area (Å²) in [6, 6.07) is 2.53. The Kier molecular flexibility index (Phi) is 6.02. The van der Waals surface area contributed by atoms with E-state index >= 15 is 0 Å². The lowest BCUT2D eigenvalue weighted by Crippen LogP contribution is -2.23. The Bertz CT molecular complexity index is 670. The summed E-state index contributed by atoms with van der Waals surface area (Å²) in [5.74, 6) is 1.60. The molecule has 6 heteroatoms. The molecule has 4 rings (SSSR count). The van der Waals surface area contributed by atoms with Gasteiger partial charge < -0.3 is 11.1 Å². The van der Waals surface area contributed by atoms with Gasteiger partial charge in [-0.1, -0.05) is 19.3 Å². The highest BCUT2D eigenvalue weighted by Gasteiger charge is 2.25. The molecule has 2 aromatic rings. The monoisotopic (exact) mass is 342 g/mol. The third kappa shape index (κ3) is 4.57. The van der Waals surface area contributed by atoms with Crippen molar-refractivity contribution in [3.05, 3.63) is 24.2 Å². The van der Waals surface area contributed by atoms with Gasteiger partial charge in [-0.2, -0.15) is 5.10 Å². The first-order valence-electron chi connectivity index (χ1n) is 9.48. The van der Waals surface area contributed by atoms with E-state index < -0.39 is 0 Å². The second-order valence-corrected chi connectivity index (χ2v) is 7.02. The fraction of sp³-hybridized carbons (Fsp3) is 0.632. The Morgan fingerprint density at radius 3 is 2.64 bits per heavy atom. The zero-order chi connectivity index (χ0) is 17.6. The van der Waals surface area contributed by atoms with Gasteiger partial charge in [0.15, 0.2) is 0 Å². The van der Waals surface area contributed by atoms with Crippen LogP contribution in [0.2, 0.25) is 0 Å². The molecule has 2 aliphatic carbocycles. The molecule has 6 nitrogen and oxygen atoms in total. The second kappa shape index (κ2) is 8.43. The van der Waals surface area contributed by atoms with Crippen molar-refractivity contribution in [2.45, 2.75) is 57.4 Å². The molecule has 3 N–H and O–H groups in total. The number of hydrogen-bond donors (Lipinski definition) is 2. The summed E-state index contributed by atoms with van der Waals surface area (Å²) in [5, 5.41) is 7.98. The summed E-state index contributed by atoms with van der Waals surface area (Å²) in [5.41, 5.74) is 7.95. The quantitative estimate of drug-likeness (QED) is 0.872. The van der Waals surface area contributed by atoms with Crippen LogP contribution in [-0.4, -0.2) is 32.8 Å². The molecule has 0 atom stereocenters. The predicted molar refractivity (Wildman–Crippen MR) is 101 cm³/mol. The maximum atomic E-state index is 4.76. The van der Waals surface area contributed by atoms with Gasteiger partial charge in [0.1, 0.15) is 0 Å². The number of rotatable bonds is 5. The first kappa shape index (κ1) is 17.9. The van der Waals surface area contributed by atoms with Gasteiger partial charge in [0.25, 0.3) is 0 Å². The minimum Gasteiger partial charge on any atom is -0.351 e. The SMILES string of the molecule is CN.Cn1ncc(-c2ccnc(NC3CCCCC3)n2)c1CC1CC1. The van der Waals surface area contributed by atoms with Crippen LogP contribution in [0, 0.1) is 5.92 Å². The number of hydrogen-bond acceptors (Lipinski definition) is 5. The van der Waals surface area contributed by atoms with Crippen molar-refractivity contribution in [2.24, 2.45) is 18.7 Å². The average Bonchev–Trinajstić information content (AvgIpc) is 3.41. The highest BCUT2D eigenvalue weighted by molar-refractivity contribution is 5.62. The predicted octanol–water partition coefficient (Wildman–Crippen LogP) is 3.15. The average molecular weight is 342 g/mol. The Hall–Kier alpha value is -1.95. The van der Waals surface area contributed by atoms with Crippen LogP contribution < -0.4 is 11.1 Å². The summed E-state index contributed by atoms with van der Waals surface area (Å²) in [6.07, 6.45) is 14.1. The van der Waals surface area contributed by atoms with E-state index in [1.165, 1.54) is 57.7 Å². The van der Waals surface area contributed by atoms with Crippen molar-refractivity contribution in [1.82, 2.24) is 19.7 Å². The maximum absolute atomic E-state index is 4.76. The molecule has 0 radical (unpaired) electrons. The minimum atomic E-state index is 0.527. The molecule has 0 spiro atoms. The van der Waals surface area contributed by atoms with Crippen LogP contribution in [0.4, 0.5) is 5.95 Å². The van der Waals surface area contributed by atoms with E-state index in [9.17, 15) is 0 Å². The lowest BCUT2D eigenvalue weighted by Gasteiger charge is -2.22. The first-order valence-corrected chi connectivity index (χ1v) is 9.48. The van der Waals surface area contributed by atoms with Crippen molar-refractivity contribution < 1.29 is 0 Å². The number of aromatic nitrogens is 4. The molecule has 0 unspecified atom stereocenters. The van der Waals surface area contributed by atoms with Crippen molar-refractivity contribution in [2.75, 3.05) is 12.4 Å². The van der Waals surface area contributed by atoms with Gasteiger partial charge in [-0.25, -0.2) is 9.97 Å². The molecule has 25 heavy (non-hydrogen) atoms. The van der Waals surface area contributed by atoms with Gasteiger partial charge in [-0.05, 0) is 51.1 Å². The third-order valence-electron chi connectivity index (χ3n) is 5.11. The molecule has 0 aliphatic heterocycles. The summed E-state index contributed by atoms with van der Waals surface area (Å²) in [6.45, 7) is 0. The first-order chi connectivity index (χ1) is 12.3. The van der Waals surface area contributed by atoms with Crippen molar-refractivity contribution >= 4 is 5.95 Å². The fourth-order valence-electron chi connectivity index (χ4n) is 3.52. The molecule has 2 fully saturated rings. The van der Waals surface area contributed by atoms with Crippen molar-refractivity contribution in [1.29, 1.82) is 0 Å². The topological polar surface area (TPSA) is 81.7 Å². The largest absolute Gasteiger partial charge is 0.351 e. The molecule has 2 saturated carbocycles. The summed E-state index contributed by atoms with van der Waals surface area (Å²) >= 11 is 0. The van der Waals surface area contributed by atoms with E-state index in [4.69, 9.17) is 4.98 Å². The Morgan fingerprint density at radius 1 is 1.16 bits per heavy atom. The maximum Gasteiger partial charge on any atom is 0.223 e. The van der Waals surface area contributed by atoms with Gasteiger partial charge in [-0.15, -0.1) is 0 Å². The standard InChI is InChI=1S/C18H25N5.CH5N/c1-23-17(11-13-7-8-13)15(12-20-23)16-9-10-19-18(22-16)21-14-5-3-2-4-6-14;1-2/h9-10,12-14H,2-8,11H2,1H3,(H,19,21,22);2H2,1H3. The molecule has 0 bridgehead atoms. The molecular weight excluding hydrogens is 312 g/mol. The minimum absolute atomic E-state index is 0.527. The van der Waals surface area contributed by atoms with Crippen molar-refractivity contribution in [3.8, 4) is 11.3 Å². The normalized spacial score (nSPS) is 17.7. The van der Waals surface area contributed by atoms with Gasteiger partial charge in [0.05, 0.1) is 11.9 Å². The number of aryl methyl sites for hydroxylation is 1. The van der Waals surface area contributed by atoms with Crippen LogP contribution in [0.3, 0.4) is 0 Å². The van der Waals surface area contributed by atoms with Crippen LogP contribution in [0.15, 0.2) is 18.5 Å². The number of nitrogens with zero attached hydrogens (tertiary/aromatic N) is 4. The Balaban J connectivity index is 0.000000880. The number of nitrogens with one attached hydrogen (secondary N) is 1. The molecule has 0 amide bonds. The molecule has 2 heterocycles. The molecule has 0 aromatic carbocycles. The summed E-state index contributed by atoms with van der Waals surface area (Å²) < 4.78 is 2.00. The number of nitrogens with two attached hydrogens (primary N) is 1. The van der Waals surface area contributed by atoms with Crippen LogP contribution in [0.1, 0.15) is 50.6 Å². The molecule has 2 aromatic heterocycles. The lowest BCUT2D eigenvalue weighted by atomic mass is 9.96. The van der Waals surface area contributed by atoms with E-state index in [2.05, 4.69) is 21.1 Å². The highest BCUT2D eigenvalue weighted by Crippen LogP contribution is 2.35. The van der Waals surface area contributed by atoms with Crippen LogP contribution in [0.5, 0.6) is 0 Å². The van der Waals surface area contributed by atoms with Gasteiger partial charge in [-0.3, -0.25) is 4.68 Å². The van der Waals surface area contributed by atoms with E-state index in [1.54, 1.807) is 0 Å². The van der Waals surface area contributed by atoms with Gasteiger partial charge >= 0.3 is 0 Å². The van der Waals surface area contributed by atoms with E-state index in [-0.39, 0.29) is 0 Å². The van der Waals surface area contributed by atoms with E-state index in [0.29, 0.717) is 6.04 Å². The van der Waals surface area contributed by atoms with E-state index in [0.717, 1.165) is 29.5 Å².